The fraction of sp³-hybridized carbons (Fsp3) is 0.621. The van der Waals surface area contributed by atoms with Gasteiger partial charge in [0.25, 0.3) is 0 Å². The second kappa shape index (κ2) is 59.7. The molecule has 13 atom stereocenters. The molecule has 38 nitrogen and oxygen atoms in total. The van der Waals surface area contributed by atoms with E-state index in [4.69, 9.17) is 56.7 Å². The van der Waals surface area contributed by atoms with Gasteiger partial charge in [-0.25, -0.2) is 0 Å². The number of hydrogen-bond acceptors (Lipinski definition) is 21. The van der Waals surface area contributed by atoms with E-state index in [-0.39, 0.29) is 177 Å². The van der Waals surface area contributed by atoms with Crippen LogP contribution in [-0.4, -0.2) is 212 Å². The zero-order chi connectivity index (χ0) is 93.1. The third kappa shape index (κ3) is 44.4. The van der Waals surface area contributed by atoms with Crippen molar-refractivity contribution in [2.75, 3.05) is 39.3 Å². The van der Waals surface area contributed by atoms with E-state index in [0.717, 1.165) is 0 Å². The average molecular weight is 1750 g/mol. The fourth-order valence-electron chi connectivity index (χ4n) is 13.8. The van der Waals surface area contributed by atoms with Crippen LogP contribution in [0, 0.1) is 34.5 Å². The molecule has 0 bridgehead atoms. The summed E-state index contributed by atoms with van der Waals surface area (Å²) in [5.41, 5.74) is 48.4. The number of hydrogen-bond donors (Lipinski definition) is 25. The van der Waals surface area contributed by atoms with Gasteiger partial charge in [0, 0.05) is 32.4 Å². The van der Waals surface area contributed by atoms with Gasteiger partial charge in [-0.05, 0) is 207 Å². The molecule has 0 saturated heterocycles. The van der Waals surface area contributed by atoms with Gasteiger partial charge in [0.05, 0.1) is 6.04 Å². The van der Waals surface area contributed by atoms with Gasteiger partial charge >= 0.3 is 0 Å². The summed E-state index contributed by atoms with van der Waals surface area (Å²) in [6, 6.07) is 6.53. The van der Waals surface area contributed by atoms with Crippen LogP contribution in [0.4, 0.5) is 0 Å². The number of phenols is 1. The molecule has 0 aliphatic rings. The Balaban J connectivity index is 2.03. The highest BCUT2D eigenvalue weighted by Gasteiger charge is 2.39. The van der Waals surface area contributed by atoms with Crippen LogP contribution in [0.5, 0.6) is 5.75 Å². The normalized spacial score (nSPS) is 14.4. The van der Waals surface area contributed by atoms with E-state index in [1.807, 2.05) is 27.7 Å². The number of rotatable bonds is 63. The van der Waals surface area contributed by atoms with Gasteiger partial charge in [0.15, 0.2) is 11.9 Å². The van der Waals surface area contributed by atoms with Crippen molar-refractivity contribution in [1.29, 1.82) is 10.8 Å². The van der Waals surface area contributed by atoms with Crippen molar-refractivity contribution in [3.05, 3.63) is 102 Å². The largest absolute Gasteiger partial charge is 0.508 e. The molecule has 0 aromatic heterocycles. The van der Waals surface area contributed by atoms with Crippen LogP contribution in [0.25, 0.3) is 0 Å². The van der Waals surface area contributed by atoms with Gasteiger partial charge in [-0.3, -0.25) is 73.1 Å². The predicted octanol–water partition coefficient (Wildman–Crippen LogP) is -0.723. The first kappa shape index (κ1) is 108. The number of nitrogens with two attached hydrogens (primary N) is 8. The Morgan fingerprint density at radius 2 is 0.512 bits per heavy atom. The van der Waals surface area contributed by atoms with Crippen molar-refractivity contribution in [3.8, 4) is 5.75 Å². The Morgan fingerprint density at radius 3 is 0.784 bits per heavy atom. The molecule has 0 spiro atoms. The highest BCUT2D eigenvalue weighted by molar-refractivity contribution is 6.00. The minimum absolute atomic E-state index is 0.00902. The molecular weight excluding hydrogens is 1610 g/mol. The highest BCUT2D eigenvalue weighted by atomic mass is 16.3. The van der Waals surface area contributed by atoms with Crippen LogP contribution in [0.15, 0.2) is 84.9 Å². The van der Waals surface area contributed by atoms with Gasteiger partial charge in [-0.1, -0.05) is 128 Å². The van der Waals surface area contributed by atoms with Crippen LogP contribution < -0.4 is 120 Å². The van der Waals surface area contributed by atoms with Gasteiger partial charge in [-0.15, -0.1) is 0 Å². The Labute approximate surface area is 735 Å². The maximum Gasteiger partial charge on any atom is 0.243 e. The number of unbranched alkanes of at least 4 members (excludes halogenated alkanes) is 4. The number of aromatic hydroxyl groups is 1. The molecule has 0 fully saturated rings. The van der Waals surface area contributed by atoms with Crippen LogP contribution in [-0.2, 0) is 81.6 Å². The summed E-state index contributed by atoms with van der Waals surface area (Å²) in [6.07, 6.45) is 3.75. The van der Waals surface area contributed by atoms with Crippen LogP contribution in [0.2, 0.25) is 0 Å². The van der Waals surface area contributed by atoms with E-state index in [1.54, 1.807) is 88.4 Å². The predicted molar refractivity (Wildman–Crippen MR) is 480 cm³/mol. The van der Waals surface area contributed by atoms with E-state index in [2.05, 4.69) is 74.4 Å². The van der Waals surface area contributed by atoms with Crippen LogP contribution in [0.1, 0.15) is 200 Å². The Morgan fingerprint density at radius 1 is 0.288 bits per heavy atom. The summed E-state index contributed by atoms with van der Waals surface area (Å²) in [6.45, 7) is 15.8. The lowest BCUT2D eigenvalue weighted by Crippen LogP contribution is -2.61. The first-order valence-electron chi connectivity index (χ1n) is 43.9. The minimum Gasteiger partial charge on any atom is -0.508 e. The molecule has 0 unspecified atom stereocenters. The number of guanidine groups is 2. The topological polar surface area (TPSA) is 666 Å². The standard InChI is InChI=1S/C87H146N24O14/c1-52(2)45-67(106-74(114)60(92)29-23-43-98-86(94)95)82(122)111-71(50-57-27-13-10-14-28-57)84(124)103-61(30-15-19-39-88)75(115)101-63(32-17-21-41-90)78(118)107-70(48-55(7)8)83(123)108-68(46-53(3)4)80(120)102-64(33-18-22-42-91)79(119)110-72(51-58-35-37-59(112)38-36-58)85(125)109-69(47-54(5)6)81(121)104-65(34-24-44-99-87(96)97)76(116)100-62(31-16-20-40-89)77(117)105-66(73(93)113)49-56-25-11-9-12-26-56/h9-14,25-28,35-38,52-55,60-72,112H,15-24,29-34,39-51,88-92H2,1-8H3,(H2,93,113)(H,100,116)(H,101,115)(H,102,120)(H,103,124)(H,104,121)(H,105,117)(H,106,114)(H,107,118)(H,108,123)(H,109,125)(H,110,119)(H,111,122)(H4,94,95,98)(H4,96,97,99)/t60-,61-,62-,63-,64-,65-,66-,67-,68-,69-,70-,71-,72-/m0/s1. The smallest absolute Gasteiger partial charge is 0.243 e. The van der Waals surface area contributed by atoms with E-state index in [9.17, 15) is 53.1 Å². The summed E-state index contributed by atoms with van der Waals surface area (Å²) in [5.74, 6) is -11.8. The third-order valence-corrected chi connectivity index (χ3v) is 20.5. The Kier molecular flexibility index (Phi) is 51.6. The molecule has 33 N–H and O–H groups in total. The van der Waals surface area contributed by atoms with E-state index < -0.39 is 155 Å². The SMILES string of the molecule is CC(C)C[C@H](NC(=O)[C@H](Cc1ccc(O)cc1)NC(=O)[C@H](CCCCN)NC(=O)[C@H](CC(C)C)NC(=O)[C@H](CC(C)C)NC(=O)[C@H](CCCCN)NC(=O)[C@H](CCCCN)NC(=O)[C@H](Cc1ccccc1)NC(=O)[C@H](CC(C)C)NC(=O)[C@@H](N)CCCNC(=N)N)C(=O)N[C@@H](CCCNC(=N)N)C(=O)N[C@@H](CCCCN)C(=O)N[C@@H](Cc1ccccc1)C(N)=O. The number of phenolic OH excluding ortho intramolecular Hbond substituents is 1. The monoisotopic (exact) mass is 1750 g/mol. The zero-order valence-corrected chi connectivity index (χ0v) is 74.3. The highest BCUT2D eigenvalue weighted by Crippen LogP contribution is 2.19. The van der Waals surface area contributed by atoms with Gasteiger partial charge in [0.1, 0.15) is 78.3 Å². The maximum atomic E-state index is 15.1. The molecular formula is C87H146N24O14. The quantitative estimate of drug-likeness (QED) is 0.0188. The lowest BCUT2D eigenvalue weighted by molar-refractivity contribution is -0.136. The summed E-state index contributed by atoms with van der Waals surface area (Å²) < 4.78 is 0. The maximum absolute atomic E-state index is 15.1. The molecule has 3 rings (SSSR count). The third-order valence-electron chi connectivity index (χ3n) is 20.5. The molecule has 3 aromatic rings. The van der Waals surface area contributed by atoms with E-state index in [0.29, 0.717) is 68.1 Å². The first-order valence-corrected chi connectivity index (χ1v) is 43.9. The van der Waals surface area contributed by atoms with Crippen molar-refractivity contribution in [1.82, 2.24) is 74.4 Å². The second-order valence-corrected chi connectivity index (χ2v) is 33.6. The van der Waals surface area contributed by atoms with Gasteiger partial charge in [0.2, 0.25) is 76.8 Å². The molecule has 125 heavy (non-hydrogen) atoms. The summed E-state index contributed by atoms with van der Waals surface area (Å²) >= 11 is 0. The molecule has 3 aromatic carbocycles. The minimum atomic E-state index is -1.50. The number of nitrogens with one attached hydrogen (secondary N) is 16. The molecule has 0 saturated carbocycles. The first-order chi connectivity index (χ1) is 59.4. The summed E-state index contributed by atoms with van der Waals surface area (Å²) in [7, 11) is 0. The average Bonchev–Trinajstić information content (AvgIpc) is 0.849. The van der Waals surface area contributed by atoms with Crippen molar-refractivity contribution >= 4 is 88.7 Å². The van der Waals surface area contributed by atoms with Crippen molar-refractivity contribution in [3.63, 3.8) is 0 Å². The molecule has 0 aliphatic heterocycles. The molecule has 698 valence electrons. The van der Waals surface area contributed by atoms with E-state index in [1.165, 1.54) is 24.3 Å². The van der Waals surface area contributed by atoms with Crippen LogP contribution >= 0.6 is 0 Å². The lowest BCUT2D eigenvalue weighted by Gasteiger charge is -2.29. The molecule has 0 radical (unpaired) electrons. The van der Waals surface area contributed by atoms with Crippen molar-refractivity contribution in [2.24, 2.45) is 69.5 Å². The summed E-state index contributed by atoms with van der Waals surface area (Å²) in [5, 5.41) is 64.3. The van der Waals surface area contributed by atoms with Crippen LogP contribution in [0.3, 0.4) is 0 Å². The Hall–Kier alpha value is -11.1. The number of carbonyl (C=O) groups is 13. The molecule has 0 aliphatic carbocycles. The Bertz CT molecular complexity index is 3840. The van der Waals surface area contributed by atoms with Crippen molar-refractivity contribution < 1.29 is 67.4 Å². The molecule has 13 amide bonds. The zero-order valence-electron chi connectivity index (χ0n) is 74.3. The fourth-order valence-corrected chi connectivity index (χ4v) is 13.8. The van der Waals surface area contributed by atoms with Gasteiger partial charge in [-0.2, -0.15) is 0 Å². The van der Waals surface area contributed by atoms with Crippen molar-refractivity contribution in [2.45, 2.75) is 282 Å². The number of primary amides is 1. The number of benzene rings is 3. The van der Waals surface area contributed by atoms with E-state index >= 15 is 14.4 Å². The lowest BCUT2D eigenvalue weighted by atomic mass is 9.98. The number of carbonyl (C=O) groups excluding carboxylic acids is 13. The van der Waals surface area contributed by atoms with Gasteiger partial charge < -0.3 is 125 Å². The molecule has 0 heterocycles. The second-order valence-electron chi connectivity index (χ2n) is 33.6. The summed E-state index contributed by atoms with van der Waals surface area (Å²) in [4.78, 5) is 189. The molecule has 38 heteroatoms. The number of amides is 13.